The normalized spacial score (nSPS) is 20.8. The molecule has 1 heterocycles. The molecule has 0 aromatic rings. The summed E-state index contributed by atoms with van der Waals surface area (Å²) in [6, 6.07) is 0. The van der Waals surface area contributed by atoms with Crippen LogP contribution in [0.25, 0.3) is 0 Å². The zero-order chi connectivity index (χ0) is 7.23. The second kappa shape index (κ2) is 4.77. The summed E-state index contributed by atoms with van der Waals surface area (Å²) < 4.78 is 0. The molecular weight excluding hydrogens is 146 g/mol. The zero-order valence-electron chi connectivity index (χ0n) is 6.08. The third-order valence-electron chi connectivity index (χ3n) is 1.35. The van der Waals surface area contributed by atoms with E-state index in [1.165, 1.54) is 11.5 Å². The fourth-order valence-electron chi connectivity index (χ4n) is 0.834. The van der Waals surface area contributed by atoms with Crippen LogP contribution in [0.1, 0.15) is 0 Å². The Balaban J connectivity index is 2.07. The fraction of sp³-hybridized carbons (Fsp3) is 0.714. The first kappa shape index (κ1) is 8.11. The van der Waals surface area contributed by atoms with Gasteiger partial charge in [0.1, 0.15) is 0 Å². The highest BCUT2D eigenvalue weighted by Crippen LogP contribution is 2.08. The highest BCUT2D eigenvalue weighted by atomic mass is 32.2. The largest absolute Gasteiger partial charge is 0.295 e. The molecule has 3 heteroatoms. The van der Waals surface area contributed by atoms with Crippen LogP contribution in [0.2, 0.25) is 0 Å². The van der Waals surface area contributed by atoms with E-state index in [1.54, 1.807) is 6.08 Å². The van der Waals surface area contributed by atoms with Gasteiger partial charge in [0.15, 0.2) is 0 Å². The van der Waals surface area contributed by atoms with Crippen LogP contribution in [-0.4, -0.2) is 36.3 Å². The Morgan fingerprint density at radius 2 is 2.20 bits per heavy atom. The minimum absolute atomic E-state index is 0.644. The van der Waals surface area contributed by atoms with Gasteiger partial charge in [0.25, 0.3) is 0 Å². The lowest BCUT2D eigenvalue weighted by molar-refractivity contribution is -0.141. The van der Waals surface area contributed by atoms with Crippen molar-refractivity contribution in [3.05, 3.63) is 12.7 Å². The van der Waals surface area contributed by atoms with Gasteiger partial charge >= 0.3 is 0 Å². The number of hydroxylamine groups is 2. The Labute approximate surface area is 66.2 Å². The van der Waals surface area contributed by atoms with Gasteiger partial charge in [0, 0.05) is 24.6 Å². The van der Waals surface area contributed by atoms with E-state index in [0.717, 1.165) is 13.1 Å². The van der Waals surface area contributed by atoms with Crippen molar-refractivity contribution in [3.8, 4) is 0 Å². The van der Waals surface area contributed by atoms with Crippen LogP contribution in [0.15, 0.2) is 12.7 Å². The van der Waals surface area contributed by atoms with Crippen molar-refractivity contribution in [2.24, 2.45) is 0 Å². The average Bonchev–Trinajstić information content (AvgIpc) is 2.03. The lowest BCUT2D eigenvalue weighted by Gasteiger charge is -2.24. The molecule has 0 aliphatic carbocycles. The molecule has 0 radical (unpaired) electrons. The summed E-state index contributed by atoms with van der Waals surface area (Å²) >= 11 is 1.98. The summed E-state index contributed by atoms with van der Waals surface area (Å²) in [5, 5.41) is 2.01. The Morgan fingerprint density at radius 1 is 1.50 bits per heavy atom. The molecule has 0 saturated carbocycles. The maximum atomic E-state index is 5.33. The van der Waals surface area contributed by atoms with Gasteiger partial charge in [-0.2, -0.15) is 16.8 Å². The Morgan fingerprint density at radius 3 is 2.80 bits per heavy atom. The molecule has 0 aromatic carbocycles. The van der Waals surface area contributed by atoms with Crippen molar-refractivity contribution < 1.29 is 4.84 Å². The maximum Gasteiger partial charge on any atom is 0.0864 e. The molecule has 0 atom stereocenters. The Kier molecular flexibility index (Phi) is 3.87. The van der Waals surface area contributed by atoms with Crippen molar-refractivity contribution >= 4 is 11.8 Å². The smallest absolute Gasteiger partial charge is 0.0864 e. The van der Waals surface area contributed by atoms with E-state index in [-0.39, 0.29) is 0 Å². The van der Waals surface area contributed by atoms with Gasteiger partial charge in [-0.15, -0.1) is 6.58 Å². The third-order valence-corrected chi connectivity index (χ3v) is 2.29. The summed E-state index contributed by atoms with van der Waals surface area (Å²) in [6.07, 6.45) is 1.78. The van der Waals surface area contributed by atoms with Crippen LogP contribution in [0.5, 0.6) is 0 Å². The standard InChI is InChI=1S/C7H13NOS/c1-2-5-9-8-3-6-10-7-4-8/h2H,1,3-7H2. The molecule has 0 unspecified atom stereocenters. The van der Waals surface area contributed by atoms with E-state index in [1.807, 2.05) is 16.8 Å². The maximum absolute atomic E-state index is 5.33. The van der Waals surface area contributed by atoms with Gasteiger partial charge in [-0.25, -0.2) is 0 Å². The molecule has 0 bridgehead atoms. The van der Waals surface area contributed by atoms with E-state index in [0.29, 0.717) is 6.61 Å². The summed E-state index contributed by atoms with van der Waals surface area (Å²) in [6.45, 7) is 6.34. The lowest BCUT2D eigenvalue weighted by Crippen LogP contribution is -2.32. The van der Waals surface area contributed by atoms with Crippen molar-refractivity contribution in [1.29, 1.82) is 0 Å². The predicted molar refractivity (Wildman–Crippen MR) is 45.0 cm³/mol. The molecule has 2 nitrogen and oxygen atoms in total. The van der Waals surface area contributed by atoms with Crippen LogP contribution in [0.3, 0.4) is 0 Å². The lowest BCUT2D eigenvalue weighted by atomic mass is 10.6. The number of hydrogen-bond acceptors (Lipinski definition) is 3. The number of thioether (sulfide) groups is 1. The van der Waals surface area contributed by atoms with E-state index in [2.05, 4.69) is 6.58 Å². The van der Waals surface area contributed by atoms with Crippen LogP contribution >= 0.6 is 11.8 Å². The quantitative estimate of drug-likeness (QED) is 0.573. The molecule has 0 N–H and O–H groups in total. The number of hydrogen-bond donors (Lipinski definition) is 0. The summed E-state index contributed by atoms with van der Waals surface area (Å²) in [7, 11) is 0. The minimum atomic E-state index is 0.644. The molecule has 1 aliphatic rings. The van der Waals surface area contributed by atoms with Gasteiger partial charge in [0.2, 0.25) is 0 Å². The third kappa shape index (κ3) is 2.73. The fourth-order valence-corrected chi connectivity index (χ4v) is 1.70. The van der Waals surface area contributed by atoms with Gasteiger partial charge in [-0.1, -0.05) is 6.08 Å². The molecular formula is C7H13NOS. The molecule has 1 aliphatic heterocycles. The average molecular weight is 159 g/mol. The molecule has 58 valence electrons. The first-order valence-corrected chi connectivity index (χ1v) is 4.65. The number of rotatable bonds is 3. The molecule has 0 aromatic heterocycles. The summed E-state index contributed by atoms with van der Waals surface area (Å²) in [5.74, 6) is 2.38. The van der Waals surface area contributed by atoms with Crippen LogP contribution in [-0.2, 0) is 4.84 Å². The second-order valence-electron chi connectivity index (χ2n) is 2.13. The minimum Gasteiger partial charge on any atom is -0.295 e. The molecule has 1 fully saturated rings. The molecule has 10 heavy (non-hydrogen) atoms. The van der Waals surface area contributed by atoms with Crippen LogP contribution in [0, 0.1) is 0 Å². The molecule has 1 saturated heterocycles. The van der Waals surface area contributed by atoms with E-state index in [4.69, 9.17) is 4.84 Å². The Hall–Kier alpha value is 0.0100. The summed E-state index contributed by atoms with van der Waals surface area (Å²) in [4.78, 5) is 5.33. The zero-order valence-corrected chi connectivity index (χ0v) is 6.90. The van der Waals surface area contributed by atoms with E-state index < -0.39 is 0 Å². The first-order chi connectivity index (χ1) is 4.93. The van der Waals surface area contributed by atoms with Gasteiger partial charge in [0.05, 0.1) is 6.61 Å². The molecule has 1 rings (SSSR count). The molecule has 0 amide bonds. The highest BCUT2D eigenvalue weighted by molar-refractivity contribution is 7.99. The van der Waals surface area contributed by atoms with Gasteiger partial charge < -0.3 is 0 Å². The monoisotopic (exact) mass is 159 g/mol. The van der Waals surface area contributed by atoms with Gasteiger partial charge in [-0.05, 0) is 0 Å². The van der Waals surface area contributed by atoms with Crippen molar-refractivity contribution in [2.75, 3.05) is 31.2 Å². The van der Waals surface area contributed by atoms with Crippen molar-refractivity contribution in [1.82, 2.24) is 5.06 Å². The summed E-state index contributed by atoms with van der Waals surface area (Å²) in [5.41, 5.74) is 0. The van der Waals surface area contributed by atoms with Crippen molar-refractivity contribution in [3.63, 3.8) is 0 Å². The SMILES string of the molecule is C=CCON1CCSCC1. The van der Waals surface area contributed by atoms with Crippen LogP contribution < -0.4 is 0 Å². The van der Waals surface area contributed by atoms with Gasteiger partial charge in [-0.3, -0.25) is 4.84 Å². The second-order valence-corrected chi connectivity index (χ2v) is 3.35. The number of nitrogens with zero attached hydrogens (tertiary/aromatic N) is 1. The van der Waals surface area contributed by atoms with E-state index in [9.17, 15) is 0 Å². The van der Waals surface area contributed by atoms with Crippen molar-refractivity contribution in [2.45, 2.75) is 0 Å². The molecule has 0 spiro atoms. The Bertz CT molecular complexity index is 102. The van der Waals surface area contributed by atoms with E-state index >= 15 is 0 Å². The van der Waals surface area contributed by atoms with Crippen LogP contribution in [0.4, 0.5) is 0 Å². The highest BCUT2D eigenvalue weighted by Gasteiger charge is 2.08. The predicted octanol–water partition coefficient (Wildman–Crippen LogP) is 1.15. The topological polar surface area (TPSA) is 12.5 Å². The first-order valence-electron chi connectivity index (χ1n) is 3.50.